The molecular formula is C18H19NO3S. The quantitative estimate of drug-likeness (QED) is 0.745. The van der Waals surface area contributed by atoms with E-state index in [0.29, 0.717) is 13.0 Å². The summed E-state index contributed by atoms with van der Waals surface area (Å²) in [4.78, 5) is 14.7. The van der Waals surface area contributed by atoms with Crippen LogP contribution in [0.15, 0.2) is 41.0 Å². The molecule has 0 fully saturated rings. The zero-order valence-electron chi connectivity index (χ0n) is 13.2. The number of rotatable bonds is 6. The Balaban J connectivity index is 1.63. The number of benzene rings is 1. The van der Waals surface area contributed by atoms with Gasteiger partial charge in [0.05, 0.1) is 26.3 Å². The van der Waals surface area contributed by atoms with Crippen molar-refractivity contribution in [3.63, 3.8) is 0 Å². The predicted molar refractivity (Wildman–Crippen MR) is 92.0 cm³/mol. The summed E-state index contributed by atoms with van der Waals surface area (Å²) in [5, 5.41) is 3.92. The molecular weight excluding hydrogens is 310 g/mol. The minimum Gasteiger partial charge on any atom is -0.497 e. The van der Waals surface area contributed by atoms with Gasteiger partial charge in [0.15, 0.2) is 0 Å². The first-order valence-electron chi connectivity index (χ1n) is 7.58. The van der Waals surface area contributed by atoms with Crippen molar-refractivity contribution in [2.75, 3.05) is 7.11 Å². The summed E-state index contributed by atoms with van der Waals surface area (Å²) in [5.41, 5.74) is 1.62. The number of hydrogen-bond donors (Lipinski definition) is 1. The minimum absolute atomic E-state index is 0.00466. The molecule has 0 unspecified atom stereocenters. The molecule has 4 nitrogen and oxygen atoms in total. The number of fused-ring (bicyclic) bond motifs is 1. The highest BCUT2D eigenvalue weighted by atomic mass is 32.1. The smallest absolute Gasteiger partial charge is 0.224 e. The molecule has 0 aliphatic heterocycles. The number of ether oxygens (including phenoxy) is 1. The summed E-state index contributed by atoms with van der Waals surface area (Å²) in [5.74, 6) is 0.738. The first-order chi connectivity index (χ1) is 11.2. The Labute approximate surface area is 139 Å². The van der Waals surface area contributed by atoms with Crippen LogP contribution in [0.25, 0.3) is 11.0 Å². The van der Waals surface area contributed by atoms with E-state index in [-0.39, 0.29) is 5.91 Å². The van der Waals surface area contributed by atoms with E-state index in [2.05, 4.69) is 24.4 Å². The zero-order valence-corrected chi connectivity index (χ0v) is 14.0. The highest BCUT2D eigenvalue weighted by Gasteiger charge is 2.11. The molecule has 1 aromatic carbocycles. The number of hydrogen-bond acceptors (Lipinski definition) is 4. The maximum Gasteiger partial charge on any atom is 0.224 e. The Kier molecular flexibility index (Phi) is 4.67. The summed E-state index contributed by atoms with van der Waals surface area (Å²) in [6.45, 7) is 2.71. The van der Waals surface area contributed by atoms with Crippen LogP contribution in [0.3, 0.4) is 0 Å². The van der Waals surface area contributed by atoms with Gasteiger partial charge in [0, 0.05) is 26.8 Å². The Morgan fingerprint density at radius 2 is 2.09 bits per heavy atom. The molecule has 2 heterocycles. The largest absolute Gasteiger partial charge is 0.497 e. The number of furan rings is 1. The first kappa shape index (κ1) is 15.6. The van der Waals surface area contributed by atoms with E-state index in [1.165, 1.54) is 9.75 Å². The molecule has 23 heavy (non-hydrogen) atoms. The van der Waals surface area contributed by atoms with E-state index < -0.39 is 0 Å². The average Bonchev–Trinajstić information content (AvgIpc) is 3.19. The van der Waals surface area contributed by atoms with Gasteiger partial charge in [-0.25, -0.2) is 0 Å². The van der Waals surface area contributed by atoms with Crippen LogP contribution in [0.1, 0.15) is 22.2 Å². The van der Waals surface area contributed by atoms with Crippen LogP contribution in [-0.4, -0.2) is 13.0 Å². The average molecular weight is 329 g/mol. The highest BCUT2D eigenvalue weighted by molar-refractivity contribution is 7.11. The van der Waals surface area contributed by atoms with Gasteiger partial charge in [-0.3, -0.25) is 4.79 Å². The van der Waals surface area contributed by atoms with Gasteiger partial charge in [-0.1, -0.05) is 6.92 Å². The molecule has 0 bridgehead atoms. The van der Waals surface area contributed by atoms with Gasteiger partial charge in [0.2, 0.25) is 5.91 Å². The summed E-state index contributed by atoms with van der Waals surface area (Å²) in [6, 6.07) is 9.81. The minimum atomic E-state index is -0.00466. The second-order valence-electron chi connectivity index (χ2n) is 5.30. The van der Waals surface area contributed by atoms with Crippen LogP contribution in [-0.2, 0) is 24.2 Å². The number of carbonyl (C=O) groups excluding carboxylic acids is 1. The molecule has 0 spiro atoms. The maximum atomic E-state index is 12.2. The number of methoxy groups -OCH3 is 1. The van der Waals surface area contributed by atoms with Crippen molar-refractivity contribution in [2.45, 2.75) is 26.3 Å². The van der Waals surface area contributed by atoms with Crippen LogP contribution in [0, 0.1) is 0 Å². The van der Waals surface area contributed by atoms with Gasteiger partial charge in [-0.2, -0.15) is 0 Å². The van der Waals surface area contributed by atoms with Gasteiger partial charge in [-0.15, -0.1) is 11.3 Å². The lowest BCUT2D eigenvalue weighted by Crippen LogP contribution is -2.23. The van der Waals surface area contributed by atoms with Gasteiger partial charge in [0.1, 0.15) is 11.3 Å². The lowest BCUT2D eigenvalue weighted by atomic mass is 10.1. The number of carbonyl (C=O) groups is 1. The molecule has 0 saturated carbocycles. The standard InChI is InChI=1S/C18H19NO3S/c1-3-14-5-6-15(23-14)10-19-18(20)8-12-11-22-17-9-13(21-2)4-7-16(12)17/h4-7,9,11H,3,8,10H2,1-2H3,(H,19,20). The zero-order chi connectivity index (χ0) is 16.2. The third-order valence-electron chi connectivity index (χ3n) is 3.74. The monoisotopic (exact) mass is 329 g/mol. The summed E-state index contributed by atoms with van der Waals surface area (Å²) in [6.07, 6.45) is 2.98. The van der Waals surface area contributed by atoms with Gasteiger partial charge in [0.25, 0.3) is 0 Å². The lowest BCUT2D eigenvalue weighted by Gasteiger charge is -2.03. The Morgan fingerprint density at radius 3 is 2.83 bits per heavy atom. The number of nitrogens with one attached hydrogen (secondary N) is 1. The molecule has 120 valence electrons. The van der Waals surface area contributed by atoms with Gasteiger partial charge in [-0.05, 0) is 30.7 Å². The molecule has 5 heteroatoms. The van der Waals surface area contributed by atoms with Crippen molar-refractivity contribution >= 4 is 28.2 Å². The molecule has 1 N–H and O–H groups in total. The SMILES string of the molecule is CCc1ccc(CNC(=O)Cc2coc3cc(OC)ccc23)s1. The third-order valence-corrected chi connectivity index (χ3v) is 4.97. The van der Waals surface area contributed by atoms with Crippen molar-refractivity contribution in [1.82, 2.24) is 5.32 Å². The summed E-state index contributed by atoms with van der Waals surface area (Å²) < 4.78 is 10.7. The Morgan fingerprint density at radius 1 is 1.26 bits per heavy atom. The van der Waals surface area contributed by atoms with Crippen LogP contribution in [0.4, 0.5) is 0 Å². The van der Waals surface area contributed by atoms with Crippen molar-refractivity contribution in [3.05, 3.63) is 51.9 Å². The van der Waals surface area contributed by atoms with Crippen molar-refractivity contribution in [3.8, 4) is 5.75 Å². The van der Waals surface area contributed by atoms with E-state index in [1.807, 2.05) is 18.2 Å². The van der Waals surface area contributed by atoms with Crippen LogP contribution >= 0.6 is 11.3 Å². The molecule has 0 atom stereocenters. The Bertz CT molecular complexity index is 819. The summed E-state index contributed by atoms with van der Waals surface area (Å²) in [7, 11) is 1.62. The fourth-order valence-electron chi connectivity index (χ4n) is 2.46. The molecule has 0 saturated heterocycles. The fraction of sp³-hybridized carbons (Fsp3) is 0.278. The molecule has 0 aliphatic carbocycles. The van der Waals surface area contributed by atoms with Crippen molar-refractivity contribution < 1.29 is 13.9 Å². The fourth-order valence-corrected chi connectivity index (χ4v) is 3.35. The van der Waals surface area contributed by atoms with Gasteiger partial charge < -0.3 is 14.5 Å². The van der Waals surface area contributed by atoms with E-state index in [0.717, 1.165) is 28.7 Å². The molecule has 3 aromatic rings. The van der Waals surface area contributed by atoms with Crippen LogP contribution < -0.4 is 10.1 Å². The normalized spacial score (nSPS) is 10.9. The highest BCUT2D eigenvalue weighted by Crippen LogP contribution is 2.26. The number of aryl methyl sites for hydroxylation is 1. The topological polar surface area (TPSA) is 51.5 Å². The number of amides is 1. The second-order valence-corrected chi connectivity index (χ2v) is 6.55. The van der Waals surface area contributed by atoms with E-state index in [4.69, 9.17) is 9.15 Å². The maximum absolute atomic E-state index is 12.2. The van der Waals surface area contributed by atoms with E-state index >= 15 is 0 Å². The predicted octanol–water partition coefficient (Wildman–Crippen LogP) is 3.92. The number of thiophene rings is 1. The van der Waals surface area contributed by atoms with Gasteiger partial charge >= 0.3 is 0 Å². The molecule has 2 aromatic heterocycles. The van der Waals surface area contributed by atoms with E-state index in [9.17, 15) is 4.79 Å². The lowest BCUT2D eigenvalue weighted by molar-refractivity contribution is -0.120. The third kappa shape index (κ3) is 3.56. The van der Waals surface area contributed by atoms with Crippen molar-refractivity contribution in [2.24, 2.45) is 0 Å². The Hall–Kier alpha value is -2.27. The first-order valence-corrected chi connectivity index (χ1v) is 8.39. The van der Waals surface area contributed by atoms with Crippen molar-refractivity contribution in [1.29, 1.82) is 0 Å². The van der Waals surface area contributed by atoms with Crippen LogP contribution in [0.5, 0.6) is 5.75 Å². The van der Waals surface area contributed by atoms with E-state index in [1.54, 1.807) is 24.7 Å². The molecule has 0 aliphatic rings. The molecule has 1 amide bonds. The molecule has 0 radical (unpaired) electrons. The van der Waals surface area contributed by atoms with Crippen LogP contribution in [0.2, 0.25) is 0 Å². The second kappa shape index (κ2) is 6.87. The molecule has 3 rings (SSSR count). The summed E-state index contributed by atoms with van der Waals surface area (Å²) >= 11 is 1.74.